The van der Waals surface area contributed by atoms with Crippen LogP contribution >= 0.6 is 0 Å². The van der Waals surface area contributed by atoms with Crippen LogP contribution in [-0.2, 0) is 21.7 Å². The normalized spacial score (nSPS) is 13.2. The molecule has 0 bridgehead atoms. The predicted octanol–water partition coefficient (Wildman–Crippen LogP) is 5.88. The highest BCUT2D eigenvalue weighted by molar-refractivity contribution is 5.89. The fraction of sp³-hybridized carbons (Fsp3) is 0.185. The van der Waals surface area contributed by atoms with Crippen LogP contribution in [0.3, 0.4) is 0 Å². The second-order valence-corrected chi connectivity index (χ2v) is 8.28. The number of hydrogen-bond acceptors (Lipinski definition) is 5. The van der Waals surface area contributed by atoms with Gasteiger partial charge in [-0.05, 0) is 55.0 Å². The molecule has 1 heterocycles. The van der Waals surface area contributed by atoms with Crippen molar-refractivity contribution in [3.05, 3.63) is 95.4 Å². The third-order valence-electron chi connectivity index (χ3n) is 5.94. The lowest BCUT2D eigenvalue weighted by Crippen LogP contribution is -2.43. The molecule has 0 aliphatic carbocycles. The summed E-state index contributed by atoms with van der Waals surface area (Å²) in [4.78, 5) is 12.1. The number of carbonyl (C=O) groups excluding carboxylic acids is 1. The van der Waals surface area contributed by atoms with Gasteiger partial charge in [0.25, 0.3) is 0 Å². The minimum Gasteiger partial charge on any atom is -0.465 e. The molecule has 0 spiro atoms. The zero-order valence-electron chi connectivity index (χ0n) is 19.6. The molecule has 1 aromatic heterocycles. The maximum Gasteiger partial charge on any atom is 0.425 e. The number of halogens is 4. The van der Waals surface area contributed by atoms with Crippen molar-refractivity contribution < 1.29 is 32.2 Å². The van der Waals surface area contributed by atoms with E-state index in [0.29, 0.717) is 16.9 Å². The highest BCUT2D eigenvalue weighted by Crippen LogP contribution is 2.47. The van der Waals surface area contributed by atoms with Gasteiger partial charge >= 0.3 is 12.1 Å². The van der Waals surface area contributed by atoms with Gasteiger partial charge in [0.2, 0.25) is 5.60 Å². The number of nitrogens with one attached hydrogen (secondary N) is 2. The number of rotatable bonds is 8. The van der Waals surface area contributed by atoms with E-state index < -0.39 is 34.7 Å². The molecule has 4 aromatic rings. The summed E-state index contributed by atoms with van der Waals surface area (Å²) < 4.78 is 63.4. The molecular weight excluding hydrogens is 490 g/mol. The largest absolute Gasteiger partial charge is 0.465 e. The van der Waals surface area contributed by atoms with Crippen LogP contribution in [0.1, 0.15) is 23.6 Å². The minimum absolute atomic E-state index is 0.0692. The summed E-state index contributed by atoms with van der Waals surface area (Å²) in [6.07, 6.45) is -3.20. The Morgan fingerprint density at radius 1 is 1.11 bits per heavy atom. The molecule has 1 atom stereocenters. The van der Waals surface area contributed by atoms with Gasteiger partial charge in [-0.15, -0.1) is 0 Å². The molecule has 0 aliphatic rings. The lowest BCUT2D eigenvalue weighted by molar-refractivity contribution is -0.247. The smallest absolute Gasteiger partial charge is 0.425 e. The number of carbonyl (C=O) groups is 1. The summed E-state index contributed by atoms with van der Waals surface area (Å²) >= 11 is 0. The number of ether oxygens (including phenoxy) is 1. The molecular formula is C27H23F4N3O3. The molecule has 0 aliphatic heterocycles. The number of fused-ring (bicyclic) bond motifs is 1. The number of hydrogen-bond donors (Lipinski definition) is 3. The molecule has 0 radical (unpaired) electrons. The van der Waals surface area contributed by atoms with Gasteiger partial charge in [-0.1, -0.05) is 24.3 Å². The van der Waals surface area contributed by atoms with Gasteiger partial charge in [0.05, 0.1) is 6.61 Å². The fourth-order valence-electron chi connectivity index (χ4n) is 4.19. The third kappa shape index (κ3) is 4.92. The molecule has 3 aromatic carbocycles. The number of anilines is 2. The van der Waals surface area contributed by atoms with Crippen LogP contribution in [0.25, 0.3) is 10.9 Å². The van der Waals surface area contributed by atoms with E-state index in [2.05, 4.69) is 5.32 Å². The van der Waals surface area contributed by atoms with Crippen molar-refractivity contribution in [3.63, 3.8) is 0 Å². The molecule has 0 fully saturated rings. The molecule has 192 valence electrons. The summed E-state index contributed by atoms with van der Waals surface area (Å²) in [5.41, 5.74) is -3.30. The molecule has 37 heavy (non-hydrogen) atoms. The van der Waals surface area contributed by atoms with Crippen molar-refractivity contribution in [1.29, 1.82) is 5.41 Å². The number of para-hydroxylation sites is 1. The SMILES string of the molecule is CCOC(=O)Cn1cc(C(O)(c2ccc(Nc3ccc(F)cc3)c(C=N)c2)C(F)(F)F)c2ccccc21. The van der Waals surface area contributed by atoms with Gasteiger partial charge in [-0.3, -0.25) is 4.79 Å². The monoisotopic (exact) mass is 513 g/mol. The van der Waals surface area contributed by atoms with E-state index in [1.54, 1.807) is 19.1 Å². The van der Waals surface area contributed by atoms with Gasteiger partial charge in [-0.25, -0.2) is 4.39 Å². The first-order chi connectivity index (χ1) is 17.6. The van der Waals surface area contributed by atoms with Gasteiger partial charge in [0.15, 0.2) is 0 Å². The van der Waals surface area contributed by atoms with E-state index in [0.717, 1.165) is 24.5 Å². The maximum absolute atomic E-state index is 14.7. The standard InChI is InChI=1S/C27H23F4N3O3/c1-2-37-25(35)16-34-15-22(21-5-3-4-6-24(21)34)26(36,27(29,30)31)18-7-12-23(17(13-18)14-32)33-20-10-8-19(28)9-11-20/h3-15,32-33,36H,2,16H2,1H3. The van der Waals surface area contributed by atoms with E-state index in [1.165, 1.54) is 47.0 Å². The van der Waals surface area contributed by atoms with Crippen molar-refractivity contribution in [3.8, 4) is 0 Å². The number of nitrogens with zero attached hydrogens (tertiary/aromatic N) is 1. The Bertz CT molecular complexity index is 1450. The van der Waals surface area contributed by atoms with Crippen LogP contribution in [0.2, 0.25) is 0 Å². The van der Waals surface area contributed by atoms with Crippen LogP contribution in [0, 0.1) is 11.2 Å². The van der Waals surface area contributed by atoms with Crippen molar-refractivity contribution in [2.45, 2.75) is 25.2 Å². The Hall–Kier alpha value is -4.18. The minimum atomic E-state index is -5.16. The van der Waals surface area contributed by atoms with E-state index in [-0.39, 0.29) is 24.1 Å². The van der Waals surface area contributed by atoms with Crippen molar-refractivity contribution in [2.24, 2.45) is 0 Å². The van der Waals surface area contributed by atoms with E-state index in [1.807, 2.05) is 0 Å². The first kappa shape index (κ1) is 25.9. The molecule has 3 N–H and O–H groups in total. The van der Waals surface area contributed by atoms with E-state index in [4.69, 9.17) is 10.1 Å². The topological polar surface area (TPSA) is 87.3 Å². The first-order valence-corrected chi connectivity index (χ1v) is 11.3. The highest BCUT2D eigenvalue weighted by Gasteiger charge is 2.57. The van der Waals surface area contributed by atoms with Crippen LogP contribution in [-0.4, -0.2) is 34.6 Å². The number of benzene rings is 3. The fourth-order valence-corrected chi connectivity index (χ4v) is 4.19. The van der Waals surface area contributed by atoms with Crippen LogP contribution in [0.5, 0.6) is 0 Å². The lowest BCUT2D eigenvalue weighted by Gasteiger charge is -2.31. The van der Waals surface area contributed by atoms with Crippen molar-refractivity contribution in [2.75, 3.05) is 11.9 Å². The molecule has 0 saturated carbocycles. The predicted molar refractivity (Wildman–Crippen MR) is 132 cm³/mol. The number of alkyl halides is 3. The Morgan fingerprint density at radius 2 is 1.81 bits per heavy atom. The van der Waals surface area contributed by atoms with Crippen molar-refractivity contribution >= 4 is 34.5 Å². The molecule has 4 rings (SSSR count). The summed E-state index contributed by atoms with van der Waals surface area (Å²) in [6, 6.07) is 15.0. The summed E-state index contributed by atoms with van der Waals surface area (Å²) in [7, 11) is 0. The van der Waals surface area contributed by atoms with Crippen molar-refractivity contribution in [1.82, 2.24) is 4.57 Å². The van der Waals surface area contributed by atoms with E-state index >= 15 is 0 Å². The average molecular weight is 513 g/mol. The molecule has 6 nitrogen and oxygen atoms in total. The Kier molecular flexibility index (Phi) is 7.04. The highest BCUT2D eigenvalue weighted by atomic mass is 19.4. The second kappa shape index (κ2) is 10.1. The summed E-state index contributed by atoms with van der Waals surface area (Å²) in [6.45, 7) is 1.39. The Balaban J connectivity index is 1.84. The quantitative estimate of drug-likeness (QED) is 0.156. The van der Waals surface area contributed by atoms with Gasteiger partial charge in [-0.2, -0.15) is 13.2 Å². The van der Waals surface area contributed by atoms with Gasteiger partial charge in [0, 0.05) is 45.8 Å². The Morgan fingerprint density at radius 3 is 2.46 bits per heavy atom. The lowest BCUT2D eigenvalue weighted by atomic mass is 9.84. The van der Waals surface area contributed by atoms with Gasteiger partial charge < -0.3 is 25.1 Å². The Labute approximate surface area is 209 Å². The average Bonchev–Trinajstić information content (AvgIpc) is 3.23. The third-order valence-corrected chi connectivity index (χ3v) is 5.94. The zero-order valence-corrected chi connectivity index (χ0v) is 19.6. The molecule has 10 heteroatoms. The van der Waals surface area contributed by atoms with Crippen LogP contribution in [0.15, 0.2) is 72.9 Å². The van der Waals surface area contributed by atoms with Gasteiger partial charge in [0.1, 0.15) is 12.4 Å². The number of aliphatic hydroxyl groups is 1. The first-order valence-electron chi connectivity index (χ1n) is 11.3. The second-order valence-electron chi connectivity index (χ2n) is 8.28. The molecule has 1 unspecified atom stereocenters. The number of esters is 1. The van der Waals surface area contributed by atoms with E-state index in [9.17, 15) is 27.5 Å². The zero-order chi connectivity index (χ0) is 26.8. The number of aromatic nitrogens is 1. The van der Waals surface area contributed by atoms with Crippen LogP contribution in [0.4, 0.5) is 28.9 Å². The summed E-state index contributed by atoms with van der Waals surface area (Å²) in [5, 5.41) is 22.2. The summed E-state index contributed by atoms with van der Waals surface area (Å²) in [5.74, 6) is -1.08. The molecule has 0 amide bonds. The molecule has 0 saturated heterocycles. The maximum atomic E-state index is 14.7. The van der Waals surface area contributed by atoms with Crippen LogP contribution < -0.4 is 5.32 Å².